The van der Waals surface area contributed by atoms with Crippen LogP contribution in [0, 0.1) is 23.4 Å². The van der Waals surface area contributed by atoms with Crippen LogP contribution in [0.2, 0.25) is 0 Å². The van der Waals surface area contributed by atoms with Crippen LogP contribution < -0.4 is 15.6 Å². The number of carbonyl (C=O) groups is 1. The fraction of sp³-hybridized carbons (Fsp3) is 0.423. The van der Waals surface area contributed by atoms with Crippen LogP contribution in [0.3, 0.4) is 0 Å². The Hall–Kier alpha value is -3.61. The van der Waals surface area contributed by atoms with E-state index in [1.165, 1.54) is 12.1 Å². The molecule has 1 aliphatic heterocycles. The molecule has 2 fully saturated rings. The van der Waals surface area contributed by atoms with Gasteiger partial charge >= 0.3 is 6.18 Å². The molecule has 0 spiro atoms. The summed E-state index contributed by atoms with van der Waals surface area (Å²) in [4.78, 5) is 32.5. The molecule has 5 rings (SSSR count). The normalized spacial score (nSPS) is 18.8. The van der Waals surface area contributed by atoms with Gasteiger partial charge in [-0.3, -0.25) is 14.2 Å². The zero-order chi connectivity index (χ0) is 28.1. The highest BCUT2D eigenvalue weighted by atomic mass is 19.4. The van der Waals surface area contributed by atoms with E-state index < -0.39 is 58.2 Å². The Bertz CT molecular complexity index is 1460. The molecule has 13 heteroatoms. The number of carbonyl (C=O) groups excluding carboxylic acids is 1. The van der Waals surface area contributed by atoms with E-state index in [-0.39, 0.29) is 42.3 Å². The third-order valence-corrected chi connectivity index (χ3v) is 7.17. The summed E-state index contributed by atoms with van der Waals surface area (Å²) in [5.41, 5.74) is -2.95. The van der Waals surface area contributed by atoms with E-state index in [0.29, 0.717) is 25.1 Å². The van der Waals surface area contributed by atoms with Gasteiger partial charge in [-0.05, 0) is 50.2 Å². The fourth-order valence-electron chi connectivity index (χ4n) is 5.06. The molecule has 2 aliphatic rings. The van der Waals surface area contributed by atoms with E-state index in [1.807, 2.05) is 5.32 Å². The van der Waals surface area contributed by atoms with Gasteiger partial charge in [-0.15, -0.1) is 0 Å². The standard InChI is InChI=1S/C26H24F6N4O3/c27-14-9-18(28)21(19(29)10-14)36-11-17(25(39)34-23(13-4-5-13)26(30,31)32)22(38)16-6-7-20(33-24(16)36)35-8-2-1-3-15(35)12-37/h6-7,9-11,13,15,23,37H,1-5,8,12H2,(H,34,39)/t15-,23+/m1/s1. The molecule has 1 aromatic carbocycles. The van der Waals surface area contributed by atoms with Crippen molar-refractivity contribution in [3.05, 3.63) is 63.7 Å². The van der Waals surface area contributed by atoms with E-state index in [2.05, 4.69) is 4.98 Å². The number of hydrogen-bond donors (Lipinski definition) is 2. The van der Waals surface area contributed by atoms with Crippen LogP contribution in [0.15, 0.2) is 35.3 Å². The largest absolute Gasteiger partial charge is 0.408 e. The SMILES string of the molecule is O=C(N[C@@H](C1CC1)C(F)(F)F)c1cn(-c2c(F)cc(F)cc2F)c2nc(N3CCCC[C@@H]3CO)ccc2c1=O. The molecule has 2 N–H and O–H groups in total. The van der Waals surface area contributed by atoms with Gasteiger partial charge in [0, 0.05) is 24.9 Å². The molecule has 208 valence electrons. The summed E-state index contributed by atoms with van der Waals surface area (Å²) in [5.74, 6) is -5.91. The predicted molar refractivity (Wildman–Crippen MR) is 129 cm³/mol. The number of alkyl halides is 3. The van der Waals surface area contributed by atoms with Crippen LogP contribution in [-0.2, 0) is 0 Å². The number of fused-ring (bicyclic) bond motifs is 1. The molecule has 2 atom stereocenters. The van der Waals surface area contributed by atoms with Crippen LogP contribution in [0.4, 0.5) is 32.2 Å². The maximum atomic E-state index is 14.9. The topological polar surface area (TPSA) is 87.5 Å². The van der Waals surface area contributed by atoms with Gasteiger partial charge in [0.2, 0.25) is 5.43 Å². The first-order valence-electron chi connectivity index (χ1n) is 12.5. The molecule has 0 radical (unpaired) electrons. The molecule has 1 saturated heterocycles. The molecule has 2 aromatic heterocycles. The summed E-state index contributed by atoms with van der Waals surface area (Å²) in [7, 11) is 0. The summed E-state index contributed by atoms with van der Waals surface area (Å²) < 4.78 is 84.9. The lowest BCUT2D eigenvalue weighted by molar-refractivity contribution is -0.158. The predicted octanol–water partition coefficient (Wildman–Crippen LogP) is 4.22. The van der Waals surface area contributed by atoms with E-state index >= 15 is 0 Å². The maximum Gasteiger partial charge on any atom is 0.408 e. The number of anilines is 1. The number of nitrogens with zero attached hydrogens (tertiary/aromatic N) is 3. The van der Waals surface area contributed by atoms with E-state index in [1.54, 1.807) is 4.90 Å². The van der Waals surface area contributed by atoms with Crippen LogP contribution >= 0.6 is 0 Å². The quantitative estimate of drug-likeness (QED) is 0.446. The van der Waals surface area contributed by atoms with Gasteiger partial charge in [0.1, 0.15) is 28.9 Å². The monoisotopic (exact) mass is 554 g/mol. The molecular formula is C26H24F6N4O3. The summed E-state index contributed by atoms with van der Waals surface area (Å²) in [6, 6.07) is 0.996. The van der Waals surface area contributed by atoms with Gasteiger partial charge in [0.15, 0.2) is 17.3 Å². The van der Waals surface area contributed by atoms with Crippen molar-refractivity contribution in [2.75, 3.05) is 18.1 Å². The molecule has 0 unspecified atom stereocenters. The average molecular weight is 554 g/mol. The number of benzene rings is 1. The number of piperidine rings is 1. The second-order valence-corrected chi connectivity index (χ2v) is 9.86. The second-order valence-electron chi connectivity index (χ2n) is 9.86. The molecule has 7 nitrogen and oxygen atoms in total. The number of aliphatic hydroxyl groups is 1. The number of rotatable bonds is 6. The lowest BCUT2D eigenvalue weighted by Crippen LogP contribution is -2.48. The first kappa shape index (κ1) is 27.0. The van der Waals surface area contributed by atoms with Crippen molar-refractivity contribution in [2.45, 2.75) is 50.4 Å². The van der Waals surface area contributed by atoms with Crippen LogP contribution in [-0.4, -0.2) is 52.0 Å². The van der Waals surface area contributed by atoms with Gasteiger partial charge in [-0.25, -0.2) is 18.2 Å². The number of aliphatic hydroxyl groups excluding tert-OH is 1. The fourth-order valence-corrected chi connectivity index (χ4v) is 5.06. The minimum atomic E-state index is -4.77. The van der Waals surface area contributed by atoms with Gasteiger partial charge in [-0.2, -0.15) is 13.2 Å². The molecule has 1 saturated carbocycles. The molecular weight excluding hydrogens is 530 g/mol. The number of pyridine rings is 2. The van der Waals surface area contributed by atoms with Gasteiger partial charge < -0.3 is 15.3 Å². The highest BCUT2D eigenvalue weighted by Gasteiger charge is 2.50. The first-order valence-corrected chi connectivity index (χ1v) is 12.5. The third-order valence-electron chi connectivity index (χ3n) is 7.17. The van der Waals surface area contributed by atoms with Crippen molar-refractivity contribution in [2.24, 2.45) is 5.92 Å². The Morgan fingerprint density at radius 2 is 1.79 bits per heavy atom. The van der Waals surface area contributed by atoms with E-state index in [0.717, 1.165) is 23.6 Å². The highest BCUT2D eigenvalue weighted by Crippen LogP contribution is 2.40. The highest BCUT2D eigenvalue weighted by molar-refractivity contribution is 5.97. The minimum Gasteiger partial charge on any atom is -0.394 e. The summed E-state index contributed by atoms with van der Waals surface area (Å²) >= 11 is 0. The Morgan fingerprint density at radius 3 is 2.41 bits per heavy atom. The van der Waals surface area contributed by atoms with Crippen molar-refractivity contribution >= 4 is 22.8 Å². The second kappa shape index (κ2) is 10.2. The molecule has 3 heterocycles. The number of hydrogen-bond acceptors (Lipinski definition) is 5. The number of halogens is 6. The first-order chi connectivity index (χ1) is 18.5. The van der Waals surface area contributed by atoms with Crippen molar-refractivity contribution in [1.29, 1.82) is 0 Å². The van der Waals surface area contributed by atoms with Crippen LogP contribution in [0.1, 0.15) is 42.5 Å². The third kappa shape index (κ3) is 5.19. The van der Waals surface area contributed by atoms with Crippen molar-refractivity contribution in [3.63, 3.8) is 0 Å². The smallest absolute Gasteiger partial charge is 0.394 e. The Morgan fingerprint density at radius 1 is 1.10 bits per heavy atom. The van der Waals surface area contributed by atoms with Gasteiger partial charge in [0.25, 0.3) is 5.91 Å². The zero-order valence-corrected chi connectivity index (χ0v) is 20.4. The lowest BCUT2D eigenvalue weighted by Gasteiger charge is -2.35. The van der Waals surface area contributed by atoms with Crippen LogP contribution in [0.25, 0.3) is 16.7 Å². The molecule has 1 aliphatic carbocycles. The summed E-state index contributed by atoms with van der Waals surface area (Å²) in [6.45, 7) is 0.321. The molecule has 1 amide bonds. The Kier molecular flexibility index (Phi) is 7.04. The number of aromatic nitrogens is 2. The zero-order valence-electron chi connectivity index (χ0n) is 20.4. The van der Waals surface area contributed by atoms with Crippen molar-refractivity contribution in [1.82, 2.24) is 14.9 Å². The minimum absolute atomic E-state index is 0.186. The van der Waals surface area contributed by atoms with Crippen molar-refractivity contribution in [3.8, 4) is 5.69 Å². The molecule has 0 bridgehead atoms. The van der Waals surface area contributed by atoms with E-state index in [9.17, 15) is 41.0 Å². The summed E-state index contributed by atoms with van der Waals surface area (Å²) in [5, 5.41) is 11.4. The average Bonchev–Trinajstić information content (AvgIpc) is 3.72. The number of nitrogens with one attached hydrogen (secondary N) is 1. The molecule has 39 heavy (non-hydrogen) atoms. The van der Waals surface area contributed by atoms with Crippen molar-refractivity contribution < 1.29 is 36.2 Å². The van der Waals surface area contributed by atoms with E-state index in [4.69, 9.17) is 0 Å². The maximum absolute atomic E-state index is 14.9. The number of amides is 1. The Labute approximate surface area is 218 Å². The Balaban J connectivity index is 1.69. The van der Waals surface area contributed by atoms with Crippen LogP contribution in [0.5, 0.6) is 0 Å². The lowest BCUT2D eigenvalue weighted by atomic mass is 10.0. The van der Waals surface area contributed by atoms with Gasteiger partial charge in [0.05, 0.1) is 18.0 Å². The molecule has 3 aromatic rings. The summed E-state index contributed by atoms with van der Waals surface area (Å²) in [6.07, 6.45) is -1.25. The van der Waals surface area contributed by atoms with Gasteiger partial charge in [-0.1, -0.05) is 0 Å².